The first-order valence-corrected chi connectivity index (χ1v) is 9.35. The molecule has 0 bridgehead atoms. The van der Waals surface area contributed by atoms with Crippen molar-refractivity contribution in [1.29, 1.82) is 0 Å². The molecule has 1 fully saturated rings. The zero-order chi connectivity index (χ0) is 17.9. The molecule has 1 aliphatic rings. The molecule has 2 rings (SSSR count). The number of nitrogens with zero attached hydrogens (tertiary/aromatic N) is 1. The fraction of sp³-hybridized carbons (Fsp3) is 0.533. The molecule has 1 amide bonds. The molecule has 7 nitrogen and oxygen atoms in total. The molecular weight excluding hydrogens is 356 g/mol. The molecule has 9 heteroatoms. The molecule has 2 atom stereocenters. The van der Waals surface area contributed by atoms with Gasteiger partial charge in [0.15, 0.2) is 0 Å². The van der Waals surface area contributed by atoms with E-state index in [1.54, 1.807) is 18.2 Å². The van der Waals surface area contributed by atoms with Crippen molar-refractivity contribution in [2.75, 3.05) is 40.2 Å². The number of nitrogens with one attached hydrogen (secondary N) is 1. The highest BCUT2D eigenvalue weighted by Gasteiger charge is 2.34. The lowest BCUT2D eigenvalue weighted by Crippen LogP contribution is -2.43. The maximum absolute atomic E-state index is 12.5. The molecule has 1 heterocycles. The molecule has 134 valence electrons. The molecule has 0 unspecified atom stereocenters. The Hall–Kier alpha value is -1.35. The number of sulfonamides is 1. The van der Waals surface area contributed by atoms with Crippen LogP contribution in [0, 0.1) is 5.92 Å². The van der Waals surface area contributed by atoms with Crippen molar-refractivity contribution in [3.63, 3.8) is 0 Å². The van der Waals surface area contributed by atoms with Crippen LogP contribution in [0.5, 0.6) is 5.75 Å². The third-order valence-corrected chi connectivity index (χ3v) is 6.10. The van der Waals surface area contributed by atoms with Gasteiger partial charge in [-0.05, 0) is 18.2 Å². The summed E-state index contributed by atoms with van der Waals surface area (Å²) in [5.74, 6) is -0.384. The summed E-state index contributed by atoms with van der Waals surface area (Å²) in [4.78, 5) is 12.5. The van der Waals surface area contributed by atoms with Crippen molar-refractivity contribution in [3.05, 3.63) is 28.8 Å². The first kappa shape index (κ1) is 19.0. The summed E-state index contributed by atoms with van der Waals surface area (Å²) in [6, 6.07) is 4.33. The second-order valence-electron chi connectivity index (χ2n) is 5.78. The Morgan fingerprint density at radius 3 is 2.75 bits per heavy atom. The monoisotopic (exact) mass is 376 g/mol. The first-order valence-electron chi connectivity index (χ1n) is 7.37. The highest BCUT2D eigenvalue weighted by Crippen LogP contribution is 2.24. The minimum Gasteiger partial charge on any atom is -0.496 e. The summed E-state index contributed by atoms with van der Waals surface area (Å²) < 4.78 is 35.8. The van der Waals surface area contributed by atoms with Gasteiger partial charge in [-0.3, -0.25) is 4.79 Å². The van der Waals surface area contributed by atoms with E-state index in [0.29, 0.717) is 16.3 Å². The molecule has 1 saturated heterocycles. The maximum Gasteiger partial charge on any atom is 0.255 e. The number of methoxy groups -OCH3 is 1. The van der Waals surface area contributed by atoms with E-state index in [1.807, 2.05) is 0 Å². The standard InChI is InChI=1S/C15H21ClN2O5S/c1-18(2)24(20,21)9-10-7-23-8-13(10)17-15(19)12-5-4-11(16)6-14(12)22-3/h4-6,10,13H,7-9H2,1-3H3,(H,17,19)/t10-,13-/m0/s1. The van der Waals surface area contributed by atoms with E-state index in [9.17, 15) is 13.2 Å². The number of hydrogen-bond acceptors (Lipinski definition) is 5. The zero-order valence-corrected chi connectivity index (χ0v) is 15.4. The lowest BCUT2D eigenvalue weighted by atomic mass is 10.1. The van der Waals surface area contributed by atoms with Crippen LogP contribution in [0.25, 0.3) is 0 Å². The molecule has 0 radical (unpaired) electrons. The van der Waals surface area contributed by atoms with Crippen LogP contribution in [0.2, 0.25) is 5.02 Å². The van der Waals surface area contributed by atoms with E-state index in [2.05, 4.69) is 5.32 Å². The quantitative estimate of drug-likeness (QED) is 0.800. The van der Waals surface area contributed by atoms with Crippen LogP contribution < -0.4 is 10.1 Å². The second kappa shape index (κ2) is 7.69. The number of amides is 1. The van der Waals surface area contributed by atoms with E-state index < -0.39 is 10.0 Å². The number of halogens is 1. The summed E-state index contributed by atoms with van der Waals surface area (Å²) >= 11 is 5.89. The van der Waals surface area contributed by atoms with Crippen LogP contribution in [0.4, 0.5) is 0 Å². The fourth-order valence-electron chi connectivity index (χ4n) is 2.44. The lowest BCUT2D eigenvalue weighted by molar-refractivity contribution is 0.0923. The number of carbonyl (C=O) groups excluding carboxylic acids is 1. The van der Waals surface area contributed by atoms with Gasteiger partial charge in [0, 0.05) is 25.0 Å². The Morgan fingerprint density at radius 1 is 1.42 bits per heavy atom. The first-order chi connectivity index (χ1) is 11.2. The average Bonchev–Trinajstić information content (AvgIpc) is 2.93. The summed E-state index contributed by atoms with van der Waals surface area (Å²) in [5.41, 5.74) is 0.336. The summed E-state index contributed by atoms with van der Waals surface area (Å²) in [5, 5.41) is 3.29. The van der Waals surface area contributed by atoms with Crippen LogP contribution in [0.3, 0.4) is 0 Å². The highest BCUT2D eigenvalue weighted by molar-refractivity contribution is 7.89. The third-order valence-electron chi connectivity index (χ3n) is 3.90. The molecule has 1 aromatic carbocycles. The summed E-state index contributed by atoms with van der Waals surface area (Å²) in [7, 11) is 1.05. The van der Waals surface area contributed by atoms with Gasteiger partial charge < -0.3 is 14.8 Å². The zero-order valence-electron chi connectivity index (χ0n) is 13.8. The largest absolute Gasteiger partial charge is 0.496 e. The van der Waals surface area contributed by atoms with Crippen molar-refractivity contribution in [3.8, 4) is 5.75 Å². The fourth-order valence-corrected chi connectivity index (χ4v) is 3.77. The molecule has 1 aromatic rings. The molecule has 0 aromatic heterocycles. The lowest BCUT2D eigenvalue weighted by Gasteiger charge is -2.21. The topological polar surface area (TPSA) is 84.9 Å². The van der Waals surface area contributed by atoms with Crippen molar-refractivity contribution < 1.29 is 22.7 Å². The number of ether oxygens (including phenoxy) is 2. The maximum atomic E-state index is 12.5. The Kier molecular flexibility index (Phi) is 6.08. The van der Waals surface area contributed by atoms with Crippen LogP contribution in [0.15, 0.2) is 18.2 Å². The van der Waals surface area contributed by atoms with Gasteiger partial charge in [-0.2, -0.15) is 0 Å². The molecule has 0 saturated carbocycles. The van der Waals surface area contributed by atoms with E-state index in [-0.39, 0.29) is 36.8 Å². The Bertz CT molecular complexity index is 708. The predicted molar refractivity (Wildman–Crippen MR) is 91.0 cm³/mol. The predicted octanol–water partition coefficient (Wildman–Crippen LogP) is 0.985. The van der Waals surface area contributed by atoms with Gasteiger partial charge in [-0.25, -0.2) is 12.7 Å². The van der Waals surface area contributed by atoms with Gasteiger partial charge in [0.05, 0.1) is 37.7 Å². The van der Waals surface area contributed by atoms with E-state index in [0.717, 1.165) is 0 Å². The molecule has 1 N–H and O–H groups in total. The van der Waals surface area contributed by atoms with Crippen molar-refractivity contribution >= 4 is 27.5 Å². The van der Waals surface area contributed by atoms with Crippen molar-refractivity contribution in [2.24, 2.45) is 5.92 Å². The second-order valence-corrected chi connectivity index (χ2v) is 8.45. The van der Waals surface area contributed by atoms with Crippen LogP contribution in [-0.4, -0.2) is 64.8 Å². The van der Waals surface area contributed by atoms with E-state index >= 15 is 0 Å². The number of rotatable bonds is 6. The van der Waals surface area contributed by atoms with Crippen molar-refractivity contribution in [1.82, 2.24) is 9.62 Å². The Balaban J connectivity index is 2.11. The highest BCUT2D eigenvalue weighted by atomic mass is 35.5. The van der Waals surface area contributed by atoms with E-state index in [1.165, 1.54) is 25.5 Å². The number of hydrogen-bond donors (Lipinski definition) is 1. The molecule has 1 aliphatic heterocycles. The van der Waals surface area contributed by atoms with Crippen LogP contribution in [-0.2, 0) is 14.8 Å². The molecule has 0 aliphatic carbocycles. The van der Waals surface area contributed by atoms with E-state index in [4.69, 9.17) is 21.1 Å². The third kappa shape index (κ3) is 4.38. The smallest absolute Gasteiger partial charge is 0.255 e. The Morgan fingerprint density at radius 2 is 2.12 bits per heavy atom. The molecular formula is C15H21ClN2O5S. The molecule has 24 heavy (non-hydrogen) atoms. The molecule has 0 spiro atoms. The van der Waals surface area contributed by atoms with Crippen LogP contribution >= 0.6 is 11.6 Å². The van der Waals surface area contributed by atoms with Crippen LogP contribution in [0.1, 0.15) is 10.4 Å². The van der Waals surface area contributed by atoms with Gasteiger partial charge in [-0.1, -0.05) is 11.6 Å². The minimum atomic E-state index is -3.37. The van der Waals surface area contributed by atoms with Gasteiger partial charge in [0.1, 0.15) is 5.75 Å². The van der Waals surface area contributed by atoms with Gasteiger partial charge >= 0.3 is 0 Å². The normalized spacial score (nSPS) is 21.0. The van der Waals surface area contributed by atoms with Gasteiger partial charge in [-0.15, -0.1) is 0 Å². The summed E-state index contributed by atoms with van der Waals surface area (Å²) in [6.07, 6.45) is 0. The summed E-state index contributed by atoms with van der Waals surface area (Å²) in [6.45, 7) is 0.561. The SMILES string of the molecule is COc1cc(Cl)ccc1C(=O)N[C@H]1COC[C@H]1CS(=O)(=O)N(C)C. The Labute approximate surface area is 146 Å². The number of benzene rings is 1. The van der Waals surface area contributed by atoms with Gasteiger partial charge in [0.25, 0.3) is 5.91 Å². The number of carbonyl (C=O) groups is 1. The average molecular weight is 377 g/mol. The van der Waals surface area contributed by atoms with Gasteiger partial charge in [0.2, 0.25) is 10.0 Å². The van der Waals surface area contributed by atoms with Crippen molar-refractivity contribution in [2.45, 2.75) is 6.04 Å². The minimum absolute atomic E-state index is 0.0807.